The summed E-state index contributed by atoms with van der Waals surface area (Å²) in [6.07, 6.45) is 0. The quantitative estimate of drug-likeness (QED) is 0.843. The van der Waals surface area contributed by atoms with E-state index in [0.717, 1.165) is 18.7 Å². The number of nitrogens with one attached hydrogen (secondary N) is 1. The van der Waals surface area contributed by atoms with Crippen LogP contribution < -0.4 is 11.1 Å². The van der Waals surface area contributed by atoms with Crippen LogP contribution in [0.2, 0.25) is 5.02 Å². The molecule has 1 aromatic carbocycles. The fourth-order valence-corrected chi connectivity index (χ4v) is 2.54. The molecule has 0 spiro atoms. The molecule has 1 amide bonds. The van der Waals surface area contributed by atoms with E-state index in [2.05, 4.69) is 10.2 Å². The molecule has 0 aliphatic carbocycles. The van der Waals surface area contributed by atoms with Crippen molar-refractivity contribution in [1.29, 1.82) is 0 Å². The Hall–Kier alpha value is -1.14. The molecule has 5 nitrogen and oxygen atoms in total. The third-order valence-electron chi connectivity index (χ3n) is 3.40. The van der Waals surface area contributed by atoms with Crippen LogP contribution in [0.1, 0.15) is 11.6 Å². The van der Waals surface area contributed by atoms with E-state index < -0.39 is 0 Å². The van der Waals surface area contributed by atoms with Gasteiger partial charge in [-0.3, -0.25) is 9.69 Å². The van der Waals surface area contributed by atoms with Crippen LogP contribution in [0, 0.1) is 0 Å². The molecule has 0 saturated carbocycles. The average Bonchev–Trinajstić information content (AvgIpc) is 2.48. The van der Waals surface area contributed by atoms with Gasteiger partial charge in [0, 0.05) is 24.7 Å². The third-order valence-corrected chi connectivity index (χ3v) is 3.63. The SMILES string of the molecule is NCC(=O)NCC(c1cccc(Cl)c1)N1CCOCC1. The summed E-state index contributed by atoms with van der Waals surface area (Å²) in [5.74, 6) is -0.148. The largest absolute Gasteiger partial charge is 0.379 e. The minimum Gasteiger partial charge on any atom is -0.379 e. The van der Waals surface area contributed by atoms with Gasteiger partial charge in [-0.2, -0.15) is 0 Å². The lowest BCUT2D eigenvalue weighted by atomic mass is 10.0. The number of hydrogen-bond acceptors (Lipinski definition) is 4. The Morgan fingerprint density at radius 2 is 2.20 bits per heavy atom. The van der Waals surface area contributed by atoms with Crippen molar-refractivity contribution in [1.82, 2.24) is 10.2 Å². The van der Waals surface area contributed by atoms with Crippen molar-refractivity contribution in [3.05, 3.63) is 34.9 Å². The molecule has 1 saturated heterocycles. The second-order valence-electron chi connectivity index (χ2n) is 4.73. The highest BCUT2D eigenvalue weighted by Gasteiger charge is 2.23. The van der Waals surface area contributed by atoms with Gasteiger partial charge in [-0.05, 0) is 17.7 Å². The van der Waals surface area contributed by atoms with Gasteiger partial charge in [-0.25, -0.2) is 0 Å². The van der Waals surface area contributed by atoms with Crippen molar-refractivity contribution in [2.45, 2.75) is 6.04 Å². The smallest absolute Gasteiger partial charge is 0.233 e. The standard InChI is InChI=1S/C14H20ClN3O2/c15-12-3-1-2-11(8-12)13(10-17-14(19)9-16)18-4-6-20-7-5-18/h1-3,8,13H,4-7,9-10,16H2,(H,17,19). The summed E-state index contributed by atoms with van der Waals surface area (Å²) in [5.41, 5.74) is 6.43. The lowest BCUT2D eigenvalue weighted by Crippen LogP contribution is -2.44. The molecule has 2 rings (SSSR count). The number of ether oxygens (including phenoxy) is 1. The summed E-state index contributed by atoms with van der Waals surface area (Å²) in [5, 5.41) is 3.56. The molecule has 6 heteroatoms. The van der Waals surface area contributed by atoms with Crippen molar-refractivity contribution in [3.63, 3.8) is 0 Å². The highest BCUT2D eigenvalue weighted by atomic mass is 35.5. The first-order valence-corrected chi connectivity index (χ1v) is 7.12. The summed E-state index contributed by atoms with van der Waals surface area (Å²) in [7, 11) is 0. The normalized spacial score (nSPS) is 17.7. The lowest BCUT2D eigenvalue weighted by molar-refractivity contribution is -0.120. The monoisotopic (exact) mass is 297 g/mol. The van der Waals surface area contributed by atoms with Crippen LogP contribution >= 0.6 is 11.6 Å². The van der Waals surface area contributed by atoms with Crippen molar-refractivity contribution in [2.24, 2.45) is 5.73 Å². The summed E-state index contributed by atoms with van der Waals surface area (Å²) in [6, 6.07) is 7.83. The topological polar surface area (TPSA) is 67.6 Å². The first-order chi connectivity index (χ1) is 9.70. The molecule has 1 unspecified atom stereocenters. The van der Waals surface area contributed by atoms with Gasteiger partial charge in [0.2, 0.25) is 5.91 Å². The van der Waals surface area contributed by atoms with E-state index in [-0.39, 0.29) is 18.5 Å². The molecule has 20 heavy (non-hydrogen) atoms. The Kier molecular flexibility index (Phi) is 5.79. The van der Waals surface area contributed by atoms with Gasteiger partial charge in [-0.1, -0.05) is 23.7 Å². The minimum absolute atomic E-state index is 0.00533. The van der Waals surface area contributed by atoms with Gasteiger partial charge in [0.25, 0.3) is 0 Å². The van der Waals surface area contributed by atoms with Crippen LogP contribution in [0.15, 0.2) is 24.3 Å². The van der Waals surface area contributed by atoms with Crippen LogP contribution in [0.5, 0.6) is 0 Å². The molecule has 110 valence electrons. The molecule has 1 aromatic rings. The summed E-state index contributed by atoms with van der Waals surface area (Å²) >= 11 is 6.07. The number of nitrogens with two attached hydrogens (primary N) is 1. The number of carbonyl (C=O) groups excluding carboxylic acids is 1. The van der Waals surface area contributed by atoms with Gasteiger partial charge < -0.3 is 15.8 Å². The zero-order valence-corrected chi connectivity index (χ0v) is 12.1. The molecule has 0 aromatic heterocycles. The van der Waals surface area contributed by atoms with Gasteiger partial charge in [-0.15, -0.1) is 0 Å². The summed E-state index contributed by atoms with van der Waals surface area (Å²) in [4.78, 5) is 13.7. The number of carbonyl (C=O) groups is 1. The third kappa shape index (κ3) is 4.18. The van der Waals surface area contributed by atoms with Crippen LogP contribution in [-0.4, -0.2) is 50.2 Å². The number of hydrogen-bond donors (Lipinski definition) is 2. The second kappa shape index (κ2) is 7.59. The Morgan fingerprint density at radius 3 is 2.85 bits per heavy atom. The highest BCUT2D eigenvalue weighted by molar-refractivity contribution is 6.30. The lowest BCUT2D eigenvalue weighted by Gasteiger charge is -2.35. The van der Waals surface area contributed by atoms with E-state index in [1.165, 1.54) is 0 Å². The maximum absolute atomic E-state index is 11.4. The first kappa shape index (κ1) is 15.3. The second-order valence-corrected chi connectivity index (χ2v) is 5.16. The molecule has 1 aliphatic heterocycles. The minimum atomic E-state index is -0.148. The van der Waals surface area contributed by atoms with Gasteiger partial charge in [0.15, 0.2) is 0 Å². The number of halogens is 1. The zero-order valence-electron chi connectivity index (χ0n) is 11.3. The zero-order chi connectivity index (χ0) is 14.4. The van der Waals surface area contributed by atoms with Crippen molar-refractivity contribution >= 4 is 17.5 Å². The molecular weight excluding hydrogens is 278 g/mol. The van der Waals surface area contributed by atoms with Crippen molar-refractivity contribution < 1.29 is 9.53 Å². The molecule has 1 aliphatic rings. The Morgan fingerprint density at radius 1 is 1.45 bits per heavy atom. The van der Waals surface area contributed by atoms with Gasteiger partial charge >= 0.3 is 0 Å². The Bertz CT molecular complexity index is 450. The van der Waals surface area contributed by atoms with E-state index >= 15 is 0 Å². The summed E-state index contributed by atoms with van der Waals surface area (Å²) < 4.78 is 5.38. The van der Waals surface area contributed by atoms with Crippen molar-refractivity contribution in [2.75, 3.05) is 39.4 Å². The number of benzene rings is 1. The number of nitrogens with zero attached hydrogens (tertiary/aromatic N) is 1. The van der Waals surface area contributed by atoms with E-state index in [1.54, 1.807) is 0 Å². The Labute approximate surface area is 124 Å². The molecule has 3 N–H and O–H groups in total. The predicted molar refractivity (Wildman–Crippen MR) is 78.6 cm³/mol. The van der Waals surface area contributed by atoms with Gasteiger partial charge in [0.1, 0.15) is 0 Å². The van der Waals surface area contributed by atoms with E-state index in [9.17, 15) is 4.79 Å². The maximum Gasteiger partial charge on any atom is 0.233 e. The van der Waals surface area contributed by atoms with E-state index in [1.807, 2.05) is 24.3 Å². The fourth-order valence-electron chi connectivity index (χ4n) is 2.34. The van der Waals surface area contributed by atoms with E-state index in [0.29, 0.717) is 24.8 Å². The molecule has 1 atom stereocenters. The van der Waals surface area contributed by atoms with Crippen LogP contribution in [-0.2, 0) is 9.53 Å². The van der Waals surface area contributed by atoms with Crippen LogP contribution in [0.3, 0.4) is 0 Å². The number of rotatable bonds is 5. The predicted octanol–water partition coefficient (Wildman–Crippen LogP) is 0.788. The Balaban J connectivity index is 2.12. The highest BCUT2D eigenvalue weighted by Crippen LogP contribution is 2.23. The molecule has 1 heterocycles. The molecule has 0 bridgehead atoms. The fraction of sp³-hybridized carbons (Fsp3) is 0.500. The van der Waals surface area contributed by atoms with Crippen LogP contribution in [0.4, 0.5) is 0 Å². The molecular formula is C14H20ClN3O2. The molecule has 1 fully saturated rings. The number of amides is 1. The average molecular weight is 298 g/mol. The summed E-state index contributed by atoms with van der Waals surface area (Å²) in [6.45, 7) is 3.64. The molecule has 0 radical (unpaired) electrons. The van der Waals surface area contributed by atoms with Gasteiger partial charge in [0.05, 0.1) is 25.8 Å². The van der Waals surface area contributed by atoms with Crippen LogP contribution in [0.25, 0.3) is 0 Å². The van der Waals surface area contributed by atoms with Crippen molar-refractivity contribution in [3.8, 4) is 0 Å². The number of morpholine rings is 1. The van der Waals surface area contributed by atoms with E-state index in [4.69, 9.17) is 22.1 Å². The maximum atomic E-state index is 11.4. The first-order valence-electron chi connectivity index (χ1n) is 6.74.